The van der Waals surface area contributed by atoms with Crippen LogP contribution in [0.3, 0.4) is 0 Å². The van der Waals surface area contributed by atoms with Crippen LogP contribution in [0.15, 0.2) is 66.3 Å². The van der Waals surface area contributed by atoms with Gasteiger partial charge in [-0.05, 0) is 59.5 Å². The number of ether oxygens (including phenoxy) is 1. The molecule has 0 spiro atoms. The quantitative estimate of drug-likeness (QED) is 0.674. The molecule has 1 fully saturated rings. The van der Waals surface area contributed by atoms with Gasteiger partial charge in [-0.1, -0.05) is 30.3 Å². The van der Waals surface area contributed by atoms with Gasteiger partial charge in [0.25, 0.3) is 0 Å². The van der Waals surface area contributed by atoms with Gasteiger partial charge in [-0.25, -0.2) is 0 Å². The Morgan fingerprint density at radius 3 is 2.64 bits per heavy atom. The van der Waals surface area contributed by atoms with E-state index in [2.05, 4.69) is 40.6 Å². The van der Waals surface area contributed by atoms with Crippen LogP contribution in [0.25, 0.3) is 11.1 Å². The molecule has 2 aromatic heterocycles. The lowest BCUT2D eigenvalue weighted by molar-refractivity contribution is -0.136. The fourth-order valence-corrected chi connectivity index (χ4v) is 4.45. The number of carbonyl (C=O) groups is 1. The van der Waals surface area contributed by atoms with Crippen LogP contribution >= 0.6 is 11.3 Å². The number of rotatable bonds is 6. The molecular formula is C23H24N2O2S. The molecule has 1 aromatic carbocycles. The van der Waals surface area contributed by atoms with Crippen molar-refractivity contribution < 1.29 is 9.53 Å². The number of pyridine rings is 1. The minimum atomic E-state index is -0.410. The van der Waals surface area contributed by atoms with E-state index < -0.39 is 5.41 Å². The van der Waals surface area contributed by atoms with Crippen LogP contribution < -0.4 is 5.32 Å². The third kappa shape index (κ3) is 4.32. The second-order valence-corrected chi connectivity index (χ2v) is 8.30. The van der Waals surface area contributed by atoms with Crippen LogP contribution in [-0.2, 0) is 22.5 Å². The highest BCUT2D eigenvalue weighted by Crippen LogP contribution is 2.36. The molecule has 1 amide bonds. The van der Waals surface area contributed by atoms with Crippen molar-refractivity contribution >= 4 is 17.2 Å². The molecule has 1 aliphatic rings. The summed E-state index contributed by atoms with van der Waals surface area (Å²) in [5, 5.41) is 5.21. The molecule has 1 N–H and O–H groups in total. The monoisotopic (exact) mass is 392 g/mol. The highest BCUT2D eigenvalue weighted by molar-refractivity contribution is 7.09. The summed E-state index contributed by atoms with van der Waals surface area (Å²) >= 11 is 1.67. The molecule has 144 valence electrons. The topological polar surface area (TPSA) is 51.2 Å². The van der Waals surface area contributed by atoms with E-state index in [0.717, 1.165) is 30.4 Å². The number of carbonyl (C=O) groups excluding carboxylic acids is 1. The third-order valence-electron chi connectivity index (χ3n) is 5.42. The van der Waals surface area contributed by atoms with Crippen molar-refractivity contribution in [2.24, 2.45) is 5.41 Å². The lowest BCUT2D eigenvalue weighted by Crippen LogP contribution is -2.45. The smallest absolute Gasteiger partial charge is 0.227 e. The molecule has 28 heavy (non-hydrogen) atoms. The Bertz CT molecular complexity index is 903. The molecule has 0 aliphatic carbocycles. The Morgan fingerprint density at radius 2 is 1.89 bits per heavy atom. The number of hydrogen-bond donors (Lipinski definition) is 1. The largest absolute Gasteiger partial charge is 0.381 e. The van der Waals surface area contributed by atoms with E-state index in [1.54, 1.807) is 23.7 Å². The number of amides is 1. The molecular weight excluding hydrogens is 368 g/mol. The maximum atomic E-state index is 13.2. The fraction of sp³-hybridized carbons (Fsp3) is 0.304. The van der Waals surface area contributed by atoms with Crippen LogP contribution in [0.1, 0.15) is 23.3 Å². The normalized spacial score (nSPS) is 15.9. The molecule has 0 saturated carbocycles. The van der Waals surface area contributed by atoms with Gasteiger partial charge in [-0.2, -0.15) is 0 Å². The molecule has 1 saturated heterocycles. The fourth-order valence-electron chi connectivity index (χ4n) is 3.81. The summed E-state index contributed by atoms with van der Waals surface area (Å²) in [4.78, 5) is 18.5. The summed E-state index contributed by atoms with van der Waals surface area (Å²) in [6.45, 7) is 1.86. The minimum Gasteiger partial charge on any atom is -0.381 e. The molecule has 3 aromatic rings. The molecule has 1 aliphatic heterocycles. The standard InChI is InChI=1S/C23H24N2O2S/c26-22(25-17-21-5-2-14-28-21)23(8-12-27-13-9-23)16-18-3-1-4-20(15-18)19-6-10-24-11-7-19/h1-7,10-11,14-15H,8-9,12-13,16-17H2,(H,25,26). The van der Waals surface area contributed by atoms with E-state index >= 15 is 0 Å². The minimum absolute atomic E-state index is 0.138. The number of hydrogen-bond acceptors (Lipinski definition) is 4. The third-order valence-corrected chi connectivity index (χ3v) is 6.29. The highest BCUT2D eigenvalue weighted by atomic mass is 32.1. The molecule has 5 heteroatoms. The van der Waals surface area contributed by atoms with Crippen molar-refractivity contribution in [3.63, 3.8) is 0 Å². The summed E-state index contributed by atoms with van der Waals surface area (Å²) in [6, 6.07) is 16.6. The van der Waals surface area contributed by atoms with Crippen molar-refractivity contribution in [2.45, 2.75) is 25.8 Å². The molecule has 0 atom stereocenters. The van der Waals surface area contributed by atoms with E-state index in [1.807, 2.05) is 23.6 Å². The lowest BCUT2D eigenvalue weighted by atomic mass is 9.74. The van der Waals surface area contributed by atoms with Crippen LogP contribution in [0.2, 0.25) is 0 Å². The molecule has 0 bridgehead atoms. The van der Waals surface area contributed by atoms with Crippen LogP contribution in [0, 0.1) is 5.41 Å². The predicted octanol–water partition coefficient (Wildman–Crippen LogP) is 4.47. The summed E-state index contributed by atoms with van der Waals surface area (Å²) in [5.41, 5.74) is 3.07. The Labute approximate surface area is 169 Å². The van der Waals surface area contributed by atoms with Crippen LogP contribution in [0.4, 0.5) is 0 Å². The number of benzene rings is 1. The van der Waals surface area contributed by atoms with Gasteiger partial charge in [0.15, 0.2) is 0 Å². The van der Waals surface area contributed by atoms with Crippen molar-refractivity contribution in [3.8, 4) is 11.1 Å². The summed E-state index contributed by atoms with van der Waals surface area (Å²) in [7, 11) is 0. The Kier molecular flexibility index (Phi) is 5.84. The van der Waals surface area contributed by atoms with Gasteiger partial charge in [0.1, 0.15) is 0 Å². The summed E-state index contributed by atoms with van der Waals surface area (Å²) in [6.07, 6.45) is 5.84. The van der Waals surface area contributed by atoms with Gasteiger partial charge in [0, 0.05) is 30.5 Å². The van der Waals surface area contributed by atoms with E-state index in [1.165, 1.54) is 10.4 Å². The SMILES string of the molecule is O=C(NCc1cccs1)C1(Cc2cccc(-c3ccncc3)c2)CCOCC1. The van der Waals surface area contributed by atoms with Gasteiger partial charge in [-0.3, -0.25) is 9.78 Å². The highest BCUT2D eigenvalue weighted by Gasteiger charge is 2.40. The van der Waals surface area contributed by atoms with E-state index in [-0.39, 0.29) is 5.91 Å². The van der Waals surface area contributed by atoms with Crippen molar-refractivity contribution in [3.05, 3.63) is 76.7 Å². The van der Waals surface area contributed by atoms with Crippen molar-refractivity contribution in [1.82, 2.24) is 10.3 Å². The Morgan fingerprint density at radius 1 is 1.07 bits per heavy atom. The Hall–Kier alpha value is -2.50. The summed E-state index contributed by atoms with van der Waals surface area (Å²) in [5.74, 6) is 0.138. The first-order valence-corrected chi connectivity index (χ1v) is 10.5. The van der Waals surface area contributed by atoms with Gasteiger partial charge < -0.3 is 10.1 Å². The first-order chi connectivity index (χ1) is 13.8. The summed E-state index contributed by atoms with van der Waals surface area (Å²) < 4.78 is 5.57. The lowest BCUT2D eigenvalue weighted by Gasteiger charge is -2.36. The maximum absolute atomic E-state index is 13.2. The number of thiophene rings is 1. The van der Waals surface area contributed by atoms with Crippen LogP contribution in [-0.4, -0.2) is 24.1 Å². The maximum Gasteiger partial charge on any atom is 0.227 e. The van der Waals surface area contributed by atoms with Gasteiger partial charge >= 0.3 is 0 Å². The van der Waals surface area contributed by atoms with Crippen molar-refractivity contribution in [1.29, 1.82) is 0 Å². The van der Waals surface area contributed by atoms with Gasteiger partial charge in [-0.15, -0.1) is 11.3 Å². The number of nitrogens with zero attached hydrogens (tertiary/aromatic N) is 1. The average Bonchev–Trinajstić information content (AvgIpc) is 3.27. The van der Waals surface area contributed by atoms with E-state index in [4.69, 9.17) is 4.74 Å². The molecule has 0 radical (unpaired) electrons. The average molecular weight is 393 g/mol. The van der Waals surface area contributed by atoms with Crippen molar-refractivity contribution in [2.75, 3.05) is 13.2 Å². The van der Waals surface area contributed by atoms with Gasteiger partial charge in [0.05, 0.1) is 12.0 Å². The zero-order valence-electron chi connectivity index (χ0n) is 15.8. The van der Waals surface area contributed by atoms with E-state index in [0.29, 0.717) is 19.8 Å². The number of nitrogens with one attached hydrogen (secondary N) is 1. The Balaban J connectivity index is 1.54. The zero-order valence-corrected chi connectivity index (χ0v) is 16.6. The first kappa shape index (κ1) is 18.8. The van der Waals surface area contributed by atoms with Crippen LogP contribution in [0.5, 0.6) is 0 Å². The molecule has 3 heterocycles. The first-order valence-electron chi connectivity index (χ1n) is 9.63. The number of aromatic nitrogens is 1. The molecule has 4 nitrogen and oxygen atoms in total. The molecule has 0 unspecified atom stereocenters. The predicted molar refractivity (Wildman–Crippen MR) is 112 cm³/mol. The zero-order chi connectivity index (χ0) is 19.2. The van der Waals surface area contributed by atoms with Gasteiger partial charge in [0.2, 0.25) is 5.91 Å². The second-order valence-electron chi connectivity index (χ2n) is 7.27. The molecule has 4 rings (SSSR count). The van der Waals surface area contributed by atoms with E-state index in [9.17, 15) is 4.79 Å². The second kappa shape index (κ2) is 8.67.